The lowest BCUT2D eigenvalue weighted by atomic mass is 10.1. The second kappa shape index (κ2) is 8.74. The largest absolute Gasteiger partial charge is 0.468 e. The second-order valence-corrected chi connectivity index (χ2v) is 6.92. The molecule has 0 radical (unpaired) electrons. The Balaban J connectivity index is 1.59. The third-order valence-corrected chi connectivity index (χ3v) is 5.10. The van der Waals surface area contributed by atoms with Crippen LogP contribution in [-0.2, 0) is 16.0 Å². The molecule has 4 nitrogen and oxygen atoms in total. The minimum absolute atomic E-state index is 0.227. The standard InChI is InChI=1S/C20H22N2O2S/c1-24-20(23)19(21-11-12-25-16-7-3-2-4-8-16)13-15-14-22-18-10-6-5-9-17(15)18/h2-10,14,19,21-22H,11-13H2,1H3/t19-/m0/s1. The molecule has 5 heteroatoms. The molecule has 0 spiro atoms. The van der Waals surface area contributed by atoms with Gasteiger partial charge in [-0.2, -0.15) is 0 Å². The van der Waals surface area contributed by atoms with Crippen LogP contribution in [0.1, 0.15) is 5.56 Å². The molecular formula is C20H22N2O2S. The molecule has 0 aliphatic carbocycles. The average Bonchev–Trinajstić information content (AvgIpc) is 3.07. The van der Waals surface area contributed by atoms with Crippen LogP contribution >= 0.6 is 11.8 Å². The lowest BCUT2D eigenvalue weighted by Crippen LogP contribution is -2.40. The van der Waals surface area contributed by atoms with Gasteiger partial charge in [0, 0.05) is 40.7 Å². The van der Waals surface area contributed by atoms with Gasteiger partial charge in [0.1, 0.15) is 6.04 Å². The molecule has 2 N–H and O–H groups in total. The van der Waals surface area contributed by atoms with Gasteiger partial charge in [-0.05, 0) is 23.8 Å². The highest BCUT2D eigenvalue weighted by Crippen LogP contribution is 2.20. The Kier molecular flexibility index (Phi) is 6.14. The molecule has 1 atom stereocenters. The van der Waals surface area contributed by atoms with Crippen LogP contribution in [0.3, 0.4) is 0 Å². The van der Waals surface area contributed by atoms with Gasteiger partial charge < -0.3 is 15.0 Å². The highest BCUT2D eigenvalue weighted by Gasteiger charge is 2.20. The first-order chi connectivity index (χ1) is 12.3. The van der Waals surface area contributed by atoms with E-state index in [-0.39, 0.29) is 12.0 Å². The minimum Gasteiger partial charge on any atom is -0.468 e. The maximum absolute atomic E-state index is 12.1. The quantitative estimate of drug-likeness (QED) is 0.368. The van der Waals surface area contributed by atoms with Crippen molar-refractivity contribution in [1.29, 1.82) is 0 Å². The number of esters is 1. The molecule has 0 saturated heterocycles. The number of aromatic amines is 1. The summed E-state index contributed by atoms with van der Waals surface area (Å²) in [5.41, 5.74) is 2.20. The molecule has 25 heavy (non-hydrogen) atoms. The Morgan fingerprint density at radius 3 is 2.72 bits per heavy atom. The predicted octanol–water partition coefficient (Wildman–Crippen LogP) is 3.63. The predicted molar refractivity (Wildman–Crippen MR) is 103 cm³/mol. The summed E-state index contributed by atoms with van der Waals surface area (Å²) in [4.78, 5) is 16.6. The van der Waals surface area contributed by atoms with Crippen LogP contribution in [-0.4, -0.2) is 36.4 Å². The van der Waals surface area contributed by atoms with Crippen molar-refractivity contribution in [3.05, 3.63) is 66.4 Å². The first kappa shape index (κ1) is 17.6. The fourth-order valence-corrected chi connectivity index (χ4v) is 3.63. The Hall–Kier alpha value is -2.24. The number of carbonyl (C=O) groups is 1. The monoisotopic (exact) mass is 354 g/mol. The fraction of sp³-hybridized carbons (Fsp3) is 0.250. The number of carbonyl (C=O) groups excluding carboxylic acids is 1. The molecule has 0 fully saturated rings. The molecule has 0 aliphatic heterocycles. The molecule has 0 aliphatic rings. The molecule has 0 saturated carbocycles. The van der Waals surface area contributed by atoms with E-state index in [0.717, 1.165) is 28.8 Å². The van der Waals surface area contributed by atoms with Crippen LogP contribution in [0.2, 0.25) is 0 Å². The van der Waals surface area contributed by atoms with Crippen LogP contribution in [0, 0.1) is 0 Å². The normalized spacial score (nSPS) is 12.2. The number of benzene rings is 2. The Labute approximate surface area is 152 Å². The summed E-state index contributed by atoms with van der Waals surface area (Å²) in [6.45, 7) is 0.738. The Bertz CT molecular complexity index is 817. The number of hydrogen-bond acceptors (Lipinski definition) is 4. The number of H-pyrrole nitrogens is 1. The van der Waals surface area contributed by atoms with Crippen molar-refractivity contribution in [2.75, 3.05) is 19.4 Å². The van der Waals surface area contributed by atoms with Gasteiger partial charge in [0.05, 0.1) is 7.11 Å². The highest BCUT2D eigenvalue weighted by atomic mass is 32.2. The van der Waals surface area contributed by atoms with Crippen LogP contribution in [0.25, 0.3) is 10.9 Å². The van der Waals surface area contributed by atoms with Crippen molar-refractivity contribution in [2.24, 2.45) is 0 Å². The van der Waals surface area contributed by atoms with E-state index in [1.165, 1.54) is 12.0 Å². The number of para-hydroxylation sites is 1. The Morgan fingerprint density at radius 2 is 1.92 bits per heavy atom. The number of fused-ring (bicyclic) bond motifs is 1. The summed E-state index contributed by atoms with van der Waals surface area (Å²) in [6.07, 6.45) is 2.58. The number of nitrogens with one attached hydrogen (secondary N) is 2. The van der Waals surface area contributed by atoms with Gasteiger partial charge in [0.2, 0.25) is 0 Å². The molecular weight excluding hydrogens is 332 g/mol. The third kappa shape index (κ3) is 4.65. The van der Waals surface area contributed by atoms with Gasteiger partial charge in [-0.3, -0.25) is 4.79 Å². The molecule has 1 heterocycles. The van der Waals surface area contributed by atoms with E-state index >= 15 is 0 Å². The first-order valence-corrected chi connectivity index (χ1v) is 9.30. The molecule has 3 rings (SSSR count). The first-order valence-electron chi connectivity index (χ1n) is 8.32. The SMILES string of the molecule is COC(=O)[C@H](Cc1c[nH]c2ccccc12)NCCSc1ccccc1. The maximum Gasteiger partial charge on any atom is 0.323 e. The number of thioether (sulfide) groups is 1. The van der Waals surface area contributed by atoms with E-state index in [1.54, 1.807) is 11.8 Å². The second-order valence-electron chi connectivity index (χ2n) is 5.76. The van der Waals surface area contributed by atoms with Crippen LogP contribution < -0.4 is 5.32 Å². The van der Waals surface area contributed by atoms with E-state index in [0.29, 0.717) is 6.42 Å². The summed E-state index contributed by atoms with van der Waals surface area (Å²) in [6, 6.07) is 18.0. The van der Waals surface area contributed by atoms with E-state index < -0.39 is 0 Å². The topological polar surface area (TPSA) is 54.1 Å². The van der Waals surface area contributed by atoms with Crippen molar-refractivity contribution in [3.8, 4) is 0 Å². The van der Waals surface area contributed by atoms with Crippen molar-refractivity contribution < 1.29 is 9.53 Å². The van der Waals surface area contributed by atoms with Crippen molar-refractivity contribution in [1.82, 2.24) is 10.3 Å². The van der Waals surface area contributed by atoms with Gasteiger partial charge in [0.15, 0.2) is 0 Å². The van der Waals surface area contributed by atoms with E-state index in [2.05, 4.69) is 28.5 Å². The lowest BCUT2D eigenvalue weighted by Gasteiger charge is -2.16. The molecule has 0 unspecified atom stereocenters. The summed E-state index contributed by atoms with van der Waals surface area (Å²) < 4.78 is 4.97. The number of aromatic nitrogens is 1. The van der Waals surface area contributed by atoms with E-state index in [9.17, 15) is 4.79 Å². The van der Waals surface area contributed by atoms with E-state index in [4.69, 9.17) is 4.74 Å². The summed E-state index contributed by atoms with van der Waals surface area (Å²) in [5.74, 6) is 0.667. The fourth-order valence-electron chi connectivity index (χ4n) is 2.82. The molecule has 0 amide bonds. The van der Waals surface area contributed by atoms with Gasteiger partial charge in [-0.15, -0.1) is 11.8 Å². The number of rotatable bonds is 8. The number of methoxy groups -OCH3 is 1. The van der Waals surface area contributed by atoms with Gasteiger partial charge in [0.25, 0.3) is 0 Å². The minimum atomic E-state index is -0.347. The molecule has 2 aromatic carbocycles. The van der Waals surface area contributed by atoms with Crippen LogP contribution in [0.15, 0.2) is 65.7 Å². The van der Waals surface area contributed by atoms with Crippen molar-refractivity contribution >= 4 is 28.6 Å². The average molecular weight is 354 g/mol. The van der Waals surface area contributed by atoms with Crippen molar-refractivity contribution in [3.63, 3.8) is 0 Å². The zero-order valence-electron chi connectivity index (χ0n) is 14.2. The van der Waals surface area contributed by atoms with E-state index in [1.807, 2.05) is 42.6 Å². The lowest BCUT2D eigenvalue weighted by molar-refractivity contribution is -0.143. The molecule has 0 bridgehead atoms. The smallest absolute Gasteiger partial charge is 0.323 e. The zero-order valence-corrected chi connectivity index (χ0v) is 15.0. The molecule has 3 aromatic rings. The third-order valence-electron chi connectivity index (χ3n) is 4.09. The summed E-state index contributed by atoms with van der Waals surface area (Å²) in [5, 5.41) is 4.48. The van der Waals surface area contributed by atoms with Gasteiger partial charge in [-0.25, -0.2) is 0 Å². The maximum atomic E-state index is 12.1. The Morgan fingerprint density at radius 1 is 1.16 bits per heavy atom. The number of hydrogen-bond donors (Lipinski definition) is 2. The highest BCUT2D eigenvalue weighted by molar-refractivity contribution is 7.99. The summed E-state index contributed by atoms with van der Waals surface area (Å²) >= 11 is 1.77. The van der Waals surface area contributed by atoms with Gasteiger partial charge in [-0.1, -0.05) is 36.4 Å². The summed E-state index contributed by atoms with van der Waals surface area (Å²) in [7, 11) is 1.44. The zero-order chi connectivity index (χ0) is 17.5. The number of ether oxygens (including phenoxy) is 1. The molecule has 130 valence electrons. The van der Waals surface area contributed by atoms with Crippen LogP contribution in [0.4, 0.5) is 0 Å². The van der Waals surface area contributed by atoms with Crippen molar-refractivity contribution in [2.45, 2.75) is 17.4 Å². The van der Waals surface area contributed by atoms with Crippen LogP contribution in [0.5, 0.6) is 0 Å². The molecule has 1 aromatic heterocycles. The van der Waals surface area contributed by atoms with Gasteiger partial charge >= 0.3 is 5.97 Å².